The summed E-state index contributed by atoms with van der Waals surface area (Å²) in [6.07, 6.45) is 4.06. The molecule has 31 heavy (non-hydrogen) atoms. The first-order valence-corrected chi connectivity index (χ1v) is 11.0. The lowest BCUT2D eigenvalue weighted by atomic mass is 9.97. The third-order valence-electron chi connectivity index (χ3n) is 5.32. The fourth-order valence-electron chi connectivity index (χ4n) is 3.66. The van der Waals surface area contributed by atoms with Crippen molar-refractivity contribution in [2.24, 2.45) is 0 Å². The third kappa shape index (κ3) is 5.16. The zero-order valence-electron chi connectivity index (χ0n) is 17.2. The molecular weight excluding hydrogens is 410 g/mol. The minimum absolute atomic E-state index is 0.162. The second-order valence-electron chi connectivity index (χ2n) is 7.40. The van der Waals surface area contributed by atoms with Crippen LogP contribution in [0.5, 0.6) is 0 Å². The molecule has 1 aliphatic rings. The number of amides is 1. The Morgan fingerprint density at radius 2 is 2.10 bits per heavy atom. The van der Waals surface area contributed by atoms with Crippen LogP contribution in [0.2, 0.25) is 0 Å². The molecule has 0 spiro atoms. The van der Waals surface area contributed by atoms with E-state index in [4.69, 9.17) is 5.26 Å². The minimum atomic E-state index is -0.162. The molecular formula is C22H23N7OS. The molecule has 0 aliphatic carbocycles. The van der Waals surface area contributed by atoms with Gasteiger partial charge in [0.15, 0.2) is 0 Å². The largest absolute Gasteiger partial charge is 0.373 e. The van der Waals surface area contributed by atoms with Crippen molar-refractivity contribution in [3.05, 3.63) is 58.7 Å². The molecule has 1 fully saturated rings. The summed E-state index contributed by atoms with van der Waals surface area (Å²) in [4.78, 5) is 19.1. The number of carbonyl (C=O) groups is 1. The van der Waals surface area contributed by atoms with E-state index in [1.54, 1.807) is 18.2 Å². The van der Waals surface area contributed by atoms with Crippen LogP contribution in [0.1, 0.15) is 34.9 Å². The van der Waals surface area contributed by atoms with Crippen molar-refractivity contribution < 1.29 is 4.79 Å². The molecule has 3 heterocycles. The van der Waals surface area contributed by atoms with Gasteiger partial charge in [-0.05, 0) is 42.7 Å². The summed E-state index contributed by atoms with van der Waals surface area (Å²) in [6.45, 7) is 1.86. The molecule has 8 nitrogen and oxygen atoms in total. The summed E-state index contributed by atoms with van der Waals surface area (Å²) in [7, 11) is 1.86. The lowest BCUT2D eigenvalue weighted by Crippen LogP contribution is -2.32. The molecule has 0 unspecified atom stereocenters. The summed E-state index contributed by atoms with van der Waals surface area (Å²) < 4.78 is 0. The number of pyridine rings is 1. The van der Waals surface area contributed by atoms with E-state index in [9.17, 15) is 4.79 Å². The minimum Gasteiger partial charge on any atom is -0.373 e. The molecule has 1 amide bonds. The molecule has 0 saturated carbocycles. The highest BCUT2D eigenvalue weighted by Gasteiger charge is 2.24. The molecule has 1 saturated heterocycles. The van der Waals surface area contributed by atoms with Crippen molar-refractivity contribution in [1.29, 1.82) is 5.26 Å². The molecule has 3 aromatic rings. The van der Waals surface area contributed by atoms with Gasteiger partial charge >= 0.3 is 0 Å². The van der Waals surface area contributed by atoms with Crippen LogP contribution < -0.4 is 15.5 Å². The van der Waals surface area contributed by atoms with Crippen molar-refractivity contribution in [2.45, 2.75) is 25.2 Å². The van der Waals surface area contributed by atoms with E-state index in [0.717, 1.165) is 48.0 Å². The number of carbonyl (C=O) groups excluding carboxylic acids is 1. The number of aromatic nitrogens is 3. The molecule has 2 aromatic heterocycles. The maximum atomic E-state index is 12.3. The summed E-state index contributed by atoms with van der Waals surface area (Å²) in [6, 6.07) is 13.2. The van der Waals surface area contributed by atoms with Gasteiger partial charge in [-0.25, -0.2) is 4.98 Å². The van der Waals surface area contributed by atoms with Crippen LogP contribution in [-0.4, -0.2) is 41.2 Å². The van der Waals surface area contributed by atoms with E-state index in [2.05, 4.69) is 42.9 Å². The normalized spacial score (nSPS) is 14.1. The van der Waals surface area contributed by atoms with Gasteiger partial charge in [0.05, 0.1) is 29.9 Å². The van der Waals surface area contributed by atoms with Crippen LogP contribution in [0.3, 0.4) is 0 Å². The van der Waals surface area contributed by atoms with E-state index >= 15 is 0 Å². The van der Waals surface area contributed by atoms with Crippen molar-refractivity contribution in [3.8, 4) is 6.07 Å². The Morgan fingerprint density at radius 3 is 2.81 bits per heavy atom. The van der Waals surface area contributed by atoms with E-state index in [1.807, 2.05) is 25.4 Å². The second kappa shape index (κ2) is 9.53. The number of hydrogen-bond acceptors (Lipinski definition) is 8. The van der Waals surface area contributed by atoms with E-state index in [0.29, 0.717) is 16.6 Å². The quantitative estimate of drug-likeness (QED) is 0.613. The first-order valence-electron chi connectivity index (χ1n) is 10.2. The van der Waals surface area contributed by atoms with Gasteiger partial charge < -0.3 is 15.5 Å². The summed E-state index contributed by atoms with van der Waals surface area (Å²) in [5.74, 6) is 1.04. The average Bonchev–Trinajstić information content (AvgIpc) is 3.27. The smallest absolute Gasteiger partial charge is 0.230 e. The first-order chi connectivity index (χ1) is 15.1. The number of rotatable bonds is 6. The molecule has 1 aliphatic heterocycles. The third-order valence-corrected chi connectivity index (χ3v) is 6.32. The van der Waals surface area contributed by atoms with E-state index in [1.165, 1.54) is 11.3 Å². The average molecular weight is 434 g/mol. The van der Waals surface area contributed by atoms with Gasteiger partial charge in [-0.3, -0.25) is 4.79 Å². The highest BCUT2D eigenvalue weighted by atomic mass is 32.1. The predicted molar refractivity (Wildman–Crippen MR) is 121 cm³/mol. The number of piperidine rings is 1. The summed E-state index contributed by atoms with van der Waals surface area (Å²) >= 11 is 1.44. The molecule has 9 heteroatoms. The lowest BCUT2D eigenvalue weighted by Gasteiger charge is -2.32. The molecule has 158 valence electrons. The maximum absolute atomic E-state index is 12.3. The van der Waals surface area contributed by atoms with Crippen LogP contribution >= 0.6 is 11.3 Å². The Kier molecular flexibility index (Phi) is 6.38. The van der Waals surface area contributed by atoms with Crippen LogP contribution in [-0.2, 0) is 11.2 Å². The Morgan fingerprint density at radius 1 is 1.26 bits per heavy atom. The molecule has 1 aromatic carbocycles. The van der Waals surface area contributed by atoms with Crippen LogP contribution in [0, 0.1) is 11.3 Å². The Bertz CT molecular complexity index is 1080. The van der Waals surface area contributed by atoms with Crippen LogP contribution in [0.15, 0.2) is 42.6 Å². The number of hydrogen-bond donors (Lipinski definition) is 2. The maximum Gasteiger partial charge on any atom is 0.230 e. The predicted octanol–water partition coefficient (Wildman–Crippen LogP) is 3.41. The highest BCUT2D eigenvalue weighted by molar-refractivity contribution is 7.15. The van der Waals surface area contributed by atoms with E-state index < -0.39 is 0 Å². The summed E-state index contributed by atoms with van der Waals surface area (Å²) in [5, 5.41) is 24.8. The van der Waals surface area contributed by atoms with Crippen molar-refractivity contribution in [2.75, 3.05) is 35.7 Å². The van der Waals surface area contributed by atoms with Gasteiger partial charge in [0.1, 0.15) is 10.8 Å². The standard InChI is InChI=1S/C22H23N7OS/c1-24-19-6-5-18(14-25-19)29-9-7-17(8-10-29)21-27-28-22(31-21)26-20(30)12-15-3-2-4-16(11-15)13-23/h2-6,11,14,17H,7-10,12H2,1H3,(H,24,25)(H,26,28,30). The number of nitrogens with one attached hydrogen (secondary N) is 2. The number of nitriles is 1. The van der Waals surface area contributed by atoms with Crippen LogP contribution in [0.25, 0.3) is 0 Å². The van der Waals surface area contributed by atoms with Gasteiger partial charge in [-0.1, -0.05) is 23.5 Å². The fraction of sp³-hybridized carbons (Fsp3) is 0.318. The van der Waals surface area contributed by atoms with Gasteiger partial charge in [-0.2, -0.15) is 5.26 Å². The lowest BCUT2D eigenvalue weighted by molar-refractivity contribution is -0.115. The summed E-state index contributed by atoms with van der Waals surface area (Å²) in [5.41, 5.74) is 2.47. The van der Waals surface area contributed by atoms with Crippen molar-refractivity contribution >= 4 is 33.9 Å². The van der Waals surface area contributed by atoms with Gasteiger partial charge in [0.25, 0.3) is 0 Å². The Hall–Kier alpha value is -3.51. The van der Waals surface area contributed by atoms with Gasteiger partial charge in [0, 0.05) is 26.1 Å². The molecule has 0 bridgehead atoms. The zero-order valence-corrected chi connectivity index (χ0v) is 18.0. The van der Waals surface area contributed by atoms with Crippen molar-refractivity contribution in [3.63, 3.8) is 0 Å². The van der Waals surface area contributed by atoms with Crippen LogP contribution in [0.4, 0.5) is 16.6 Å². The number of nitrogens with zero attached hydrogens (tertiary/aromatic N) is 5. The number of benzene rings is 1. The molecule has 0 radical (unpaired) electrons. The van der Waals surface area contributed by atoms with Crippen molar-refractivity contribution in [1.82, 2.24) is 15.2 Å². The zero-order chi connectivity index (χ0) is 21.6. The number of anilines is 3. The first kappa shape index (κ1) is 20.8. The SMILES string of the molecule is CNc1ccc(N2CCC(c3nnc(NC(=O)Cc4cccc(C#N)c4)s3)CC2)cn1. The Labute approximate surface area is 185 Å². The van der Waals surface area contributed by atoms with E-state index in [-0.39, 0.29) is 12.3 Å². The molecule has 0 atom stereocenters. The molecule has 4 rings (SSSR count). The van der Waals surface area contributed by atoms with Gasteiger partial charge in [-0.15, -0.1) is 10.2 Å². The highest BCUT2D eigenvalue weighted by Crippen LogP contribution is 2.33. The Balaban J connectivity index is 1.30. The molecule has 2 N–H and O–H groups in total. The fourth-order valence-corrected chi connectivity index (χ4v) is 4.58. The topological polar surface area (TPSA) is 107 Å². The van der Waals surface area contributed by atoms with Gasteiger partial charge in [0.2, 0.25) is 11.0 Å². The second-order valence-corrected chi connectivity index (χ2v) is 8.40. The monoisotopic (exact) mass is 433 g/mol.